The van der Waals surface area contributed by atoms with Crippen LogP contribution in [0.5, 0.6) is 0 Å². The maximum absolute atomic E-state index is 11.0. The molecule has 0 aliphatic carbocycles. The smallest absolute Gasteiger partial charge is 0.271 e. The monoisotopic (exact) mass is 291 g/mol. The van der Waals surface area contributed by atoms with Crippen molar-refractivity contribution in [2.45, 2.75) is 18.2 Å². The number of rotatable bonds is 5. The molecule has 2 aromatic rings. The molecule has 3 N–H and O–H groups in total. The van der Waals surface area contributed by atoms with Crippen LogP contribution in [0.25, 0.3) is 0 Å². The Bertz CT molecular complexity index is 727. The predicted molar refractivity (Wildman–Crippen MR) is 71.8 cm³/mol. The molecule has 0 saturated carbocycles. The summed E-state index contributed by atoms with van der Waals surface area (Å²) in [6, 6.07) is 12.1. The van der Waals surface area contributed by atoms with Gasteiger partial charge in [0.25, 0.3) is 10.0 Å². The van der Waals surface area contributed by atoms with Crippen LogP contribution in [-0.4, -0.2) is 8.42 Å². The number of nitrogens with zero attached hydrogens (tertiary/aromatic N) is 1. The van der Waals surface area contributed by atoms with Crippen LogP contribution in [0.4, 0.5) is 0 Å². The Labute approximate surface area is 116 Å². The van der Waals surface area contributed by atoms with Gasteiger partial charge in [0.05, 0.1) is 18.2 Å². The topological polar surface area (TPSA) is 109 Å². The van der Waals surface area contributed by atoms with E-state index in [4.69, 9.17) is 14.8 Å². The van der Waals surface area contributed by atoms with E-state index in [-0.39, 0.29) is 5.09 Å². The lowest BCUT2D eigenvalue weighted by Crippen LogP contribution is -2.13. The van der Waals surface area contributed by atoms with Gasteiger partial charge in [0.15, 0.2) is 0 Å². The summed E-state index contributed by atoms with van der Waals surface area (Å²) in [5, 5.41) is 16.5. The summed E-state index contributed by atoms with van der Waals surface area (Å²) in [5.41, 5.74) is 1.62. The Morgan fingerprint density at radius 3 is 2.40 bits per heavy atom. The summed E-state index contributed by atoms with van der Waals surface area (Å²) < 4.78 is 27.2. The predicted octanol–water partition coefficient (Wildman–Crippen LogP) is 1.09. The summed E-state index contributed by atoms with van der Waals surface area (Å²) in [7, 11) is -3.79. The molecule has 1 aromatic carbocycles. The molecule has 0 aliphatic heterocycles. The highest BCUT2D eigenvalue weighted by Crippen LogP contribution is 2.12. The number of sulfonamides is 1. The second kappa shape index (κ2) is 5.88. The molecule has 6 nitrogen and oxygen atoms in total. The number of benzene rings is 1. The van der Waals surface area contributed by atoms with E-state index in [0.29, 0.717) is 24.4 Å². The Hall–Kier alpha value is -2.14. The van der Waals surface area contributed by atoms with Gasteiger partial charge >= 0.3 is 0 Å². The summed E-state index contributed by atoms with van der Waals surface area (Å²) in [6.07, 6.45) is 0. The van der Waals surface area contributed by atoms with Crippen LogP contribution in [0, 0.1) is 11.3 Å². The van der Waals surface area contributed by atoms with Gasteiger partial charge in [0, 0.05) is 6.54 Å². The molecular weight excluding hydrogens is 278 g/mol. The Balaban J connectivity index is 1.89. The molecule has 7 heteroatoms. The second-order valence-corrected chi connectivity index (χ2v) is 5.67. The van der Waals surface area contributed by atoms with E-state index in [2.05, 4.69) is 5.32 Å². The first-order valence-electron chi connectivity index (χ1n) is 5.80. The summed E-state index contributed by atoms with van der Waals surface area (Å²) in [4.78, 5) is 0. The van der Waals surface area contributed by atoms with Crippen molar-refractivity contribution in [2.75, 3.05) is 0 Å². The van der Waals surface area contributed by atoms with Gasteiger partial charge < -0.3 is 9.73 Å². The highest BCUT2D eigenvalue weighted by atomic mass is 32.2. The molecular formula is C13H13N3O3S. The van der Waals surface area contributed by atoms with E-state index in [9.17, 15) is 8.42 Å². The van der Waals surface area contributed by atoms with Crippen molar-refractivity contribution in [2.24, 2.45) is 5.14 Å². The van der Waals surface area contributed by atoms with Crippen molar-refractivity contribution < 1.29 is 12.8 Å². The van der Waals surface area contributed by atoms with Gasteiger partial charge in [0.2, 0.25) is 5.09 Å². The molecule has 0 saturated heterocycles. The van der Waals surface area contributed by atoms with Gasteiger partial charge in [0.1, 0.15) is 5.76 Å². The van der Waals surface area contributed by atoms with Crippen LogP contribution in [0.3, 0.4) is 0 Å². The summed E-state index contributed by atoms with van der Waals surface area (Å²) >= 11 is 0. The van der Waals surface area contributed by atoms with E-state index >= 15 is 0 Å². The molecule has 0 bridgehead atoms. The normalized spacial score (nSPS) is 11.2. The van der Waals surface area contributed by atoms with E-state index < -0.39 is 10.0 Å². The molecule has 0 radical (unpaired) electrons. The number of nitrogens with one attached hydrogen (secondary N) is 1. The minimum atomic E-state index is -3.79. The lowest BCUT2D eigenvalue weighted by atomic mass is 10.1. The van der Waals surface area contributed by atoms with E-state index in [1.807, 2.05) is 18.2 Å². The highest BCUT2D eigenvalue weighted by Gasteiger charge is 2.12. The first-order chi connectivity index (χ1) is 9.49. The fraction of sp³-hybridized carbons (Fsp3) is 0.154. The maximum Gasteiger partial charge on any atom is 0.271 e. The zero-order valence-electron chi connectivity index (χ0n) is 10.5. The number of nitrogens with two attached hydrogens (primary N) is 1. The average molecular weight is 291 g/mol. The number of furan rings is 1. The summed E-state index contributed by atoms with van der Waals surface area (Å²) in [6.45, 7) is 0.965. The second-order valence-electron chi connectivity index (χ2n) is 4.18. The number of nitriles is 1. The molecule has 0 spiro atoms. The van der Waals surface area contributed by atoms with Crippen molar-refractivity contribution in [1.29, 1.82) is 5.26 Å². The van der Waals surface area contributed by atoms with E-state index in [1.54, 1.807) is 18.2 Å². The first kappa shape index (κ1) is 14.3. The standard InChI is InChI=1S/C13H13N3O3S/c14-7-10-1-3-11(4-2-10)8-16-9-12-5-6-13(19-12)20(15,17)18/h1-6,16H,8-9H2,(H2,15,17,18). The molecule has 0 amide bonds. The molecule has 0 aliphatic rings. The highest BCUT2D eigenvalue weighted by molar-refractivity contribution is 7.89. The zero-order valence-corrected chi connectivity index (χ0v) is 11.4. The molecule has 1 heterocycles. The Morgan fingerprint density at radius 2 is 1.85 bits per heavy atom. The van der Waals surface area contributed by atoms with E-state index in [0.717, 1.165) is 5.56 Å². The minimum Gasteiger partial charge on any atom is -0.447 e. The quantitative estimate of drug-likeness (QED) is 0.857. The summed E-state index contributed by atoms with van der Waals surface area (Å²) in [5.74, 6) is 0.489. The third kappa shape index (κ3) is 3.68. The van der Waals surface area contributed by atoms with Crippen molar-refractivity contribution in [3.8, 4) is 6.07 Å². The van der Waals surface area contributed by atoms with Crippen LogP contribution < -0.4 is 10.5 Å². The molecule has 104 valence electrons. The third-order valence-corrected chi connectivity index (χ3v) is 3.41. The maximum atomic E-state index is 11.0. The van der Waals surface area contributed by atoms with Crippen molar-refractivity contribution in [3.05, 3.63) is 53.3 Å². The van der Waals surface area contributed by atoms with Crippen LogP contribution in [0.15, 0.2) is 45.9 Å². The average Bonchev–Trinajstić information content (AvgIpc) is 2.88. The molecule has 0 atom stereocenters. The molecule has 1 aromatic heterocycles. The first-order valence-corrected chi connectivity index (χ1v) is 7.35. The van der Waals surface area contributed by atoms with Crippen molar-refractivity contribution in [3.63, 3.8) is 0 Å². The zero-order chi connectivity index (χ0) is 14.6. The van der Waals surface area contributed by atoms with Gasteiger partial charge in [-0.25, -0.2) is 13.6 Å². The van der Waals surface area contributed by atoms with Crippen LogP contribution in [0.1, 0.15) is 16.9 Å². The van der Waals surface area contributed by atoms with Crippen molar-refractivity contribution in [1.82, 2.24) is 5.32 Å². The molecule has 2 rings (SSSR count). The minimum absolute atomic E-state index is 0.243. The van der Waals surface area contributed by atoms with Gasteiger partial charge in [-0.1, -0.05) is 12.1 Å². The van der Waals surface area contributed by atoms with Crippen LogP contribution in [0.2, 0.25) is 0 Å². The van der Waals surface area contributed by atoms with Gasteiger partial charge in [-0.2, -0.15) is 5.26 Å². The number of primary sulfonamides is 1. The fourth-order valence-electron chi connectivity index (χ4n) is 1.63. The lowest BCUT2D eigenvalue weighted by Gasteiger charge is -2.03. The van der Waals surface area contributed by atoms with Gasteiger partial charge in [-0.05, 0) is 29.8 Å². The van der Waals surface area contributed by atoms with Crippen LogP contribution in [-0.2, 0) is 23.1 Å². The molecule has 0 fully saturated rings. The SMILES string of the molecule is N#Cc1ccc(CNCc2ccc(S(N)(=O)=O)o2)cc1. The molecule has 0 unspecified atom stereocenters. The number of hydrogen-bond donors (Lipinski definition) is 2. The lowest BCUT2D eigenvalue weighted by molar-refractivity contribution is 0.402. The number of hydrogen-bond acceptors (Lipinski definition) is 5. The van der Waals surface area contributed by atoms with Gasteiger partial charge in [-0.3, -0.25) is 0 Å². The third-order valence-electron chi connectivity index (χ3n) is 2.63. The van der Waals surface area contributed by atoms with Crippen LogP contribution >= 0.6 is 0 Å². The fourth-order valence-corrected chi connectivity index (χ4v) is 2.11. The molecule has 20 heavy (non-hydrogen) atoms. The van der Waals surface area contributed by atoms with Crippen molar-refractivity contribution >= 4 is 10.0 Å². The Kier molecular flexibility index (Phi) is 4.20. The Morgan fingerprint density at radius 1 is 1.15 bits per heavy atom. The van der Waals surface area contributed by atoms with Gasteiger partial charge in [-0.15, -0.1) is 0 Å². The largest absolute Gasteiger partial charge is 0.447 e. The van der Waals surface area contributed by atoms with E-state index in [1.165, 1.54) is 6.07 Å².